The summed E-state index contributed by atoms with van der Waals surface area (Å²) in [5, 5.41) is 32.2. The third-order valence-electron chi connectivity index (χ3n) is 7.09. The molecule has 3 atom stereocenters. The molecule has 3 unspecified atom stereocenters. The first-order valence-corrected chi connectivity index (χ1v) is 10.7. The minimum Gasteiger partial charge on any atom is -0.511 e. The maximum absolute atomic E-state index is 13.5. The van der Waals surface area contributed by atoms with Crippen molar-refractivity contribution < 1.29 is 34.4 Å². The largest absolute Gasteiger partial charge is 0.511 e. The third kappa shape index (κ3) is 2.91. The lowest BCUT2D eigenvalue weighted by Gasteiger charge is -2.41. The minimum atomic E-state index is -1.10. The van der Waals surface area contributed by atoms with Gasteiger partial charge in [0.15, 0.2) is 11.6 Å². The molecule has 1 aliphatic heterocycles. The summed E-state index contributed by atoms with van der Waals surface area (Å²) >= 11 is 0. The Kier molecular flexibility index (Phi) is 4.74. The molecule has 1 aromatic rings. The summed E-state index contributed by atoms with van der Waals surface area (Å²) in [6.45, 7) is 2.21. The van der Waals surface area contributed by atoms with E-state index in [4.69, 9.17) is 10.5 Å². The molecular weight excluding hydrogens is 416 g/mol. The fourth-order valence-electron chi connectivity index (χ4n) is 5.66. The van der Waals surface area contributed by atoms with E-state index in [-0.39, 0.29) is 40.7 Å². The average Bonchev–Trinajstić information content (AvgIpc) is 2.73. The summed E-state index contributed by atoms with van der Waals surface area (Å²) in [6, 6.07) is 3.62. The van der Waals surface area contributed by atoms with Gasteiger partial charge in [0, 0.05) is 25.1 Å². The van der Waals surface area contributed by atoms with Crippen LogP contribution in [0.2, 0.25) is 0 Å². The number of primary amides is 1. The van der Waals surface area contributed by atoms with Gasteiger partial charge >= 0.3 is 0 Å². The number of fused-ring (bicyclic) bond motifs is 3. The van der Waals surface area contributed by atoms with E-state index in [9.17, 15) is 29.7 Å². The summed E-state index contributed by atoms with van der Waals surface area (Å²) in [5.74, 6) is -5.10. The number of benzene rings is 1. The van der Waals surface area contributed by atoms with Crippen LogP contribution in [0.4, 0.5) is 5.69 Å². The van der Waals surface area contributed by atoms with Crippen LogP contribution in [-0.2, 0) is 20.7 Å². The van der Waals surface area contributed by atoms with E-state index in [1.807, 2.05) is 11.0 Å². The summed E-state index contributed by atoms with van der Waals surface area (Å²) < 4.78 is 5.36. The van der Waals surface area contributed by atoms with Gasteiger partial charge in [0.2, 0.25) is 0 Å². The zero-order valence-corrected chi connectivity index (χ0v) is 17.3. The number of phenols is 1. The number of amides is 1. The fraction of sp³-hybridized carbons (Fsp3) is 0.435. The van der Waals surface area contributed by atoms with E-state index >= 15 is 0 Å². The van der Waals surface area contributed by atoms with Crippen LogP contribution in [0.15, 0.2) is 34.8 Å². The van der Waals surface area contributed by atoms with Gasteiger partial charge < -0.3 is 30.7 Å². The number of aliphatic hydroxyl groups is 2. The molecule has 5 rings (SSSR count). The Morgan fingerprint density at radius 1 is 1.09 bits per heavy atom. The van der Waals surface area contributed by atoms with Crippen molar-refractivity contribution in [2.75, 3.05) is 31.2 Å². The molecule has 1 saturated heterocycles. The Morgan fingerprint density at radius 2 is 1.81 bits per heavy atom. The highest BCUT2D eigenvalue weighted by Crippen LogP contribution is 2.50. The number of carbonyl (C=O) groups excluding carboxylic acids is 3. The second-order valence-corrected chi connectivity index (χ2v) is 8.82. The standard InChI is InChI=1S/C23H24N2O7/c24-23(31)18-14(26)9-12-8-11-7-10-1-2-13(25-3-5-32-6-4-25)19(27)15(10)20(28)16(11)21(29)17(12)22(18)30/h1-2,11-12,17,26-27,29H,3-9H2,(H2,24,31). The van der Waals surface area contributed by atoms with Crippen LogP contribution in [0.1, 0.15) is 28.8 Å². The molecule has 32 heavy (non-hydrogen) atoms. The summed E-state index contributed by atoms with van der Waals surface area (Å²) in [6.07, 6.45) is 0.843. The molecule has 3 aliphatic carbocycles. The van der Waals surface area contributed by atoms with E-state index in [0.717, 1.165) is 0 Å². The number of nitrogens with zero attached hydrogens (tertiary/aromatic N) is 1. The van der Waals surface area contributed by atoms with Gasteiger partial charge in [-0.05, 0) is 36.3 Å². The van der Waals surface area contributed by atoms with E-state index in [1.165, 1.54) is 0 Å². The molecule has 9 nitrogen and oxygen atoms in total. The third-order valence-corrected chi connectivity index (χ3v) is 7.09. The van der Waals surface area contributed by atoms with E-state index in [0.29, 0.717) is 50.4 Å². The smallest absolute Gasteiger partial charge is 0.255 e. The quantitative estimate of drug-likeness (QED) is 0.503. The van der Waals surface area contributed by atoms with Crippen molar-refractivity contribution in [2.24, 2.45) is 23.5 Å². The van der Waals surface area contributed by atoms with Gasteiger partial charge in [-0.1, -0.05) is 6.07 Å². The molecule has 0 radical (unpaired) electrons. The number of morpholine rings is 1. The SMILES string of the molecule is NC(=O)C1=C(O)CC2CC3Cc4ccc(N5CCOCC5)c(O)c4C(=O)C3=C(O)C2C1=O. The Hall–Kier alpha value is -3.33. The van der Waals surface area contributed by atoms with Crippen molar-refractivity contribution >= 4 is 23.2 Å². The van der Waals surface area contributed by atoms with Gasteiger partial charge in [0.1, 0.15) is 22.8 Å². The fourth-order valence-corrected chi connectivity index (χ4v) is 5.66. The van der Waals surface area contributed by atoms with Crippen LogP contribution in [0.3, 0.4) is 0 Å². The van der Waals surface area contributed by atoms with Crippen LogP contribution in [0.25, 0.3) is 0 Å². The van der Waals surface area contributed by atoms with Crippen molar-refractivity contribution in [3.05, 3.63) is 45.9 Å². The lowest BCUT2D eigenvalue weighted by Crippen LogP contribution is -2.43. The van der Waals surface area contributed by atoms with Crippen LogP contribution < -0.4 is 10.6 Å². The Balaban J connectivity index is 1.57. The number of nitrogens with two attached hydrogens (primary N) is 1. The number of allylic oxidation sites excluding steroid dienone is 3. The number of ketones is 2. The first-order chi connectivity index (χ1) is 15.3. The number of Topliss-reactive ketones (excluding diaryl/α,β-unsaturated/α-hetero) is 2. The number of ether oxygens (including phenoxy) is 1. The Bertz CT molecular complexity index is 1110. The van der Waals surface area contributed by atoms with Gasteiger partial charge in [0.05, 0.1) is 30.4 Å². The summed E-state index contributed by atoms with van der Waals surface area (Å²) in [7, 11) is 0. The number of aromatic hydroxyl groups is 1. The van der Waals surface area contributed by atoms with Crippen LogP contribution >= 0.6 is 0 Å². The summed E-state index contributed by atoms with van der Waals surface area (Å²) in [4.78, 5) is 40.0. The molecule has 0 aromatic heterocycles. The molecule has 5 N–H and O–H groups in total. The predicted octanol–water partition coefficient (Wildman–Crippen LogP) is 1.30. The number of anilines is 1. The number of aliphatic hydroxyl groups excluding tert-OH is 2. The molecule has 1 amide bonds. The lowest BCUT2D eigenvalue weighted by atomic mass is 9.62. The normalized spacial score (nSPS) is 27.8. The van der Waals surface area contributed by atoms with Gasteiger partial charge in [-0.2, -0.15) is 0 Å². The molecule has 4 aliphatic rings. The van der Waals surface area contributed by atoms with E-state index in [2.05, 4.69) is 0 Å². The Labute approximate surface area is 183 Å². The molecule has 0 saturated carbocycles. The van der Waals surface area contributed by atoms with Crippen LogP contribution in [-0.4, -0.2) is 59.1 Å². The zero-order chi connectivity index (χ0) is 22.7. The molecule has 9 heteroatoms. The van der Waals surface area contributed by atoms with Crippen molar-refractivity contribution in [1.29, 1.82) is 0 Å². The van der Waals surface area contributed by atoms with Crippen molar-refractivity contribution in [3.8, 4) is 5.75 Å². The highest BCUT2D eigenvalue weighted by Gasteiger charge is 2.50. The average molecular weight is 440 g/mol. The van der Waals surface area contributed by atoms with Crippen LogP contribution in [0.5, 0.6) is 5.75 Å². The lowest BCUT2D eigenvalue weighted by molar-refractivity contribution is -0.126. The molecule has 0 bridgehead atoms. The molecule has 1 fully saturated rings. The highest BCUT2D eigenvalue weighted by molar-refractivity contribution is 6.22. The number of phenolic OH excluding ortho intramolecular Hbond substituents is 1. The first-order valence-electron chi connectivity index (χ1n) is 10.7. The number of carbonyl (C=O) groups is 3. The molecule has 168 valence electrons. The molecule has 1 aromatic carbocycles. The highest BCUT2D eigenvalue weighted by atomic mass is 16.5. The molecule has 0 spiro atoms. The number of rotatable bonds is 2. The van der Waals surface area contributed by atoms with Gasteiger partial charge in [-0.25, -0.2) is 0 Å². The number of hydrogen-bond acceptors (Lipinski definition) is 8. The zero-order valence-electron chi connectivity index (χ0n) is 17.3. The second kappa shape index (κ2) is 7.37. The van der Waals surface area contributed by atoms with Crippen molar-refractivity contribution in [1.82, 2.24) is 0 Å². The van der Waals surface area contributed by atoms with E-state index < -0.39 is 34.9 Å². The Morgan fingerprint density at radius 3 is 2.50 bits per heavy atom. The van der Waals surface area contributed by atoms with Crippen molar-refractivity contribution in [2.45, 2.75) is 19.3 Å². The van der Waals surface area contributed by atoms with Crippen LogP contribution in [0, 0.1) is 17.8 Å². The van der Waals surface area contributed by atoms with Gasteiger partial charge in [-0.3, -0.25) is 14.4 Å². The molecule has 1 heterocycles. The monoisotopic (exact) mass is 440 g/mol. The predicted molar refractivity (Wildman–Crippen MR) is 112 cm³/mol. The minimum absolute atomic E-state index is 0.0325. The van der Waals surface area contributed by atoms with Crippen molar-refractivity contribution in [3.63, 3.8) is 0 Å². The first kappa shape index (κ1) is 20.6. The maximum atomic E-state index is 13.5. The van der Waals surface area contributed by atoms with E-state index in [1.54, 1.807) is 6.07 Å². The van der Waals surface area contributed by atoms with Gasteiger partial charge in [-0.15, -0.1) is 0 Å². The topological polar surface area (TPSA) is 150 Å². The second-order valence-electron chi connectivity index (χ2n) is 8.82. The summed E-state index contributed by atoms with van der Waals surface area (Å²) in [5.41, 5.74) is 6.20. The van der Waals surface area contributed by atoms with Gasteiger partial charge in [0.25, 0.3) is 5.91 Å². The molecular formula is C23H24N2O7. The number of hydrogen-bond donors (Lipinski definition) is 4. The maximum Gasteiger partial charge on any atom is 0.255 e.